The van der Waals surface area contributed by atoms with Crippen LogP contribution < -0.4 is 10.6 Å². The van der Waals surface area contributed by atoms with Gasteiger partial charge in [0.05, 0.1) is 6.04 Å². The van der Waals surface area contributed by atoms with Crippen molar-refractivity contribution in [2.24, 2.45) is 5.73 Å². The number of halogens is 1. The molecule has 1 amide bonds. The van der Waals surface area contributed by atoms with Gasteiger partial charge >= 0.3 is 0 Å². The summed E-state index contributed by atoms with van der Waals surface area (Å²) in [4.78, 5) is 13.7. The summed E-state index contributed by atoms with van der Waals surface area (Å²) in [6.45, 7) is 2.70. The summed E-state index contributed by atoms with van der Waals surface area (Å²) in [6.07, 6.45) is 1.73. The molecule has 1 aliphatic rings. The Morgan fingerprint density at radius 3 is 2.94 bits per heavy atom. The summed E-state index contributed by atoms with van der Waals surface area (Å²) in [5.74, 6) is 0.0108. The third-order valence-corrected chi connectivity index (χ3v) is 3.16. The molecule has 1 heterocycles. The van der Waals surface area contributed by atoms with Crippen LogP contribution in [-0.4, -0.2) is 18.5 Å². The number of rotatable bonds is 1. The summed E-state index contributed by atoms with van der Waals surface area (Å²) in [5, 5.41) is 0.690. The number of nitrogens with two attached hydrogens (primary N) is 1. The summed E-state index contributed by atoms with van der Waals surface area (Å²) in [5.41, 5.74) is 7.70. The highest BCUT2D eigenvalue weighted by atomic mass is 35.5. The van der Waals surface area contributed by atoms with Crippen molar-refractivity contribution in [2.75, 3.05) is 11.4 Å². The second-order valence-electron chi connectivity index (χ2n) is 4.17. The average molecular weight is 239 g/mol. The zero-order valence-corrected chi connectivity index (χ0v) is 10.00. The molecule has 1 aromatic rings. The van der Waals surface area contributed by atoms with Crippen LogP contribution >= 0.6 is 11.6 Å². The van der Waals surface area contributed by atoms with E-state index in [-0.39, 0.29) is 11.9 Å². The highest BCUT2D eigenvalue weighted by Gasteiger charge is 2.27. The van der Waals surface area contributed by atoms with Crippen LogP contribution in [0.2, 0.25) is 5.02 Å². The first-order chi connectivity index (χ1) is 7.59. The molecule has 16 heavy (non-hydrogen) atoms. The Balaban J connectivity index is 2.32. The van der Waals surface area contributed by atoms with Gasteiger partial charge in [-0.2, -0.15) is 0 Å². The van der Waals surface area contributed by atoms with Crippen molar-refractivity contribution >= 4 is 23.2 Å². The Morgan fingerprint density at radius 2 is 2.25 bits per heavy atom. The van der Waals surface area contributed by atoms with Crippen LogP contribution in [0.4, 0.5) is 5.69 Å². The Hall–Kier alpha value is -1.06. The number of piperidine rings is 1. The van der Waals surface area contributed by atoms with E-state index in [0.717, 1.165) is 30.6 Å². The SMILES string of the molecule is Cc1cc(Cl)ccc1N1CCCC(N)C1=O. The van der Waals surface area contributed by atoms with E-state index in [1.165, 1.54) is 0 Å². The van der Waals surface area contributed by atoms with Crippen LogP contribution in [0.1, 0.15) is 18.4 Å². The van der Waals surface area contributed by atoms with Crippen molar-refractivity contribution < 1.29 is 4.79 Å². The number of benzene rings is 1. The maximum absolute atomic E-state index is 11.9. The second-order valence-corrected chi connectivity index (χ2v) is 4.61. The number of nitrogens with zero attached hydrogens (tertiary/aromatic N) is 1. The van der Waals surface area contributed by atoms with Crippen molar-refractivity contribution in [3.63, 3.8) is 0 Å². The van der Waals surface area contributed by atoms with Gasteiger partial charge in [0.15, 0.2) is 0 Å². The molecule has 1 saturated heterocycles. The molecule has 86 valence electrons. The molecule has 1 fully saturated rings. The molecule has 0 radical (unpaired) electrons. The normalized spacial score (nSPS) is 21.3. The van der Waals surface area contributed by atoms with Gasteiger partial charge in [-0.3, -0.25) is 4.79 Å². The van der Waals surface area contributed by atoms with Gasteiger partial charge in [0.2, 0.25) is 5.91 Å². The molecule has 0 aliphatic carbocycles. The Kier molecular flexibility index (Phi) is 3.17. The highest BCUT2D eigenvalue weighted by molar-refractivity contribution is 6.30. The van der Waals surface area contributed by atoms with Gasteiger partial charge in [-0.1, -0.05) is 11.6 Å². The number of amides is 1. The molecule has 1 aliphatic heterocycles. The van der Waals surface area contributed by atoms with Gasteiger partial charge in [-0.15, -0.1) is 0 Å². The monoisotopic (exact) mass is 238 g/mol. The first-order valence-electron chi connectivity index (χ1n) is 5.42. The third kappa shape index (κ3) is 2.06. The minimum Gasteiger partial charge on any atom is -0.320 e. The van der Waals surface area contributed by atoms with Gasteiger partial charge < -0.3 is 10.6 Å². The van der Waals surface area contributed by atoms with Crippen LogP contribution in [-0.2, 0) is 4.79 Å². The number of hydrogen-bond donors (Lipinski definition) is 1. The lowest BCUT2D eigenvalue weighted by Crippen LogP contribution is -2.48. The van der Waals surface area contributed by atoms with Crippen LogP contribution in [0.25, 0.3) is 0 Å². The summed E-state index contributed by atoms with van der Waals surface area (Å²) in [7, 11) is 0. The number of carbonyl (C=O) groups excluding carboxylic acids is 1. The third-order valence-electron chi connectivity index (χ3n) is 2.93. The second kappa shape index (κ2) is 4.44. The maximum atomic E-state index is 11.9. The largest absolute Gasteiger partial charge is 0.320 e. The molecule has 2 rings (SSSR count). The van der Waals surface area contributed by atoms with Gasteiger partial charge in [0, 0.05) is 17.3 Å². The van der Waals surface area contributed by atoms with E-state index < -0.39 is 0 Å². The van der Waals surface area contributed by atoms with Crippen LogP contribution in [0.5, 0.6) is 0 Å². The first-order valence-corrected chi connectivity index (χ1v) is 5.80. The van der Waals surface area contributed by atoms with E-state index in [1.807, 2.05) is 19.1 Å². The Labute approximate surface area is 100 Å². The number of anilines is 1. The Bertz CT molecular complexity index is 419. The van der Waals surface area contributed by atoms with Crippen molar-refractivity contribution in [2.45, 2.75) is 25.8 Å². The average Bonchev–Trinajstić information content (AvgIpc) is 2.23. The van der Waals surface area contributed by atoms with E-state index in [1.54, 1.807) is 11.0 Å². The van der Waals surface area contributed by atoms with E-state index in [0.29, 0.717) is 5.02 Å². The van der Waals surface area contributed by atoms with E-state index in [4.69, 9.17) is 17.3 Å². The fourth-order valence-corrected chi connectivity index (χ4v) is 2.29. The van der Waals surface area contributed by atoms with Gasteiger partial charge in [-0.25, -0.2) is 0 Å². The lowest BCUT2D eigenvalue weighted by Gasteiger charge is -2.31. The number of carbonyl (C=O) groups is 1. The van der Waals surface area contributed by atoms with E-state index in [2.05, 4.69) is 0 Å². The molecule has 1 atom stereocenters. The van der Waals surface area contributed by atoms with Crippen molar-refractivity contribution in [1.29, 1.82) is 0 Å². The molecule has 2 N–H and O–H groups in total. The minimum absolute atomic E-state index is 0.0108. The smallest absolute Gasteiger partial charge is 0.243 e. The number of aryl methyl sites for hydroxylation is 1. The maximum Gasteiger partial charge on any atom is 0.243 e. The molecule has 3 nitrogen and oxygen atoms in total. The zero-order valence-electron chi connectivity index (χ0n) is 9.24. The first kappa shape index (κ1) is 11.4. The minimum atomic E-state index is -0.358. The molecule has 1 unspecified atom stereocenters. The molecular formula is C12H15ClN2O. The zero-order chi connectivity index (χ0) is 11.7. The van der Waals surface area contributed by atoms with Crippen molar-refractivity contribution in [3.05, 3.63) is 28.8 Å². The summed E-state index contributed by atoms with van der Waals surface area (Å²) >= 11 is 5.89. The molecule has 0 aromatic heterocycles. The summed E-state index contributed by atoms with van der Waals surface area (Å²) < 4.78 is 0. The van der Waals surface area contributed by atoms with Crippen molar-refractivity contribution in [3.8, 4) is 0 Å². The van der Waals surface area contributed by atoms with Crippen molar-refractivity contribution in [1.82, 2.24) is 0 Å². The van der Waals surface area contributed by atoms with Gasteiger partial charge in [0.1, 0.15) is 0 Å². The molecule has 0 spiro atoms. The topological polar surface area (TPSA) is 46.3 Å². The number of hydrogen-bond acceptors (Lipinski definition) is 2. The molecule has 0 saturated carbocycles. The van der Waals surface area contributed by atoms with Gasteiger partial charge in [-0.05, 0) is 43.5 Å². The lowest BCUT2D eigenvalue weighted by atomic mass is 10.0. The van der Waals surface area contributed by atoms with Crippen LogP contribution in [0.3, 0.4) is 0 Å². The predicted molar refractivity (Wildman–Crippen MR) is 65.8 cm³/mol. The molecule has 0 bridgehead atoms. The highest BCUT2D eigenvalue weighted by Crippen LogP contribution is 2.26. The van der Waals surface area contributed by atoms with E-state index >= 15 is 0 Å². The standard InChI is InChI=1S/C12H15ClN2O/c1-8-7-9(13)4-5-11(8)15-6-2-3-10(14)12(15)16/h4-5,7,10H,2-3,6,14H2,1H3. The quantitative estimate of drug-likeness (QED) is 0.815. The van der Waals surface area contributed by atoms with E-state index in [9.17, 15) is 4.79 Å². The lowest BCUT2D eigenvalue weighted by molar-refractivity contribution is -0.120. The molecule has 4 heteroatoms. The van der Waals surface area contributed by atoms with Gasteiger partial charge in [0.25, 0.3) is 0 Å². The fraction of sp³-hybridized carbons (Fsp3) is 0.417. The van der Waals surface area contributed by atoms with Crippen LogP contribution in [0.15, 0.2) is 18.2 Å². The fourth-order valence-electron chi connectivity index (χ4n) is 2.06. The summed E-state index contributed by atoms with van der Waals surface area (Å²) in [6, 6.07) is 5.19. The predicted octanol–water partition coefficient (Wildman–Crippen LogP) is 2.10. The van der Waals surface area contributed by atoms with Crippen LogP contribution in [0, 0.1) is 6.92 Å². The molecule has 1 aromatic carbocycles. The Morgan fingerprint density at radius 1 is 1.50 bits per heavy atom. The molecular weight excluding hydrogens is 224 g/mol.